The summed E-state index contributed by atoms with van der Waals surface area (Å²) in [5, 5.41) is 16.6. The van der Waals surface area contributed by atoms with Gasteiger partial charge >= 0.3 is 5.97 Å². The molecular weight excluding hydrogens is 370 g/mol. The number of carboxylic acids is 1. The van der Waals surface area contributed by atoms with Gasteiger partial charge in [0.1, 0.15) is 11.4 Å². The zero-order chi connectivity index (χ0) is 21.1. The van der Waals surface area contributed by atoms with E-state index in [1.165, 1.54) is 23.7 Å². The molecule has 29 heavy (non-hydrogen) atoms. The van der Waals surface area contributed by atoms with Gasteiger partial charge < -0.3 is 10.4 Å². The minimum atomic E-state index is -1.03. The maximum absolute atomic E-state index is 13.0. The van der Waals surface area contributed by atoms with E-state index in [4.69, 9.17) is 5.11 Å². The van der Waals surface area contributed by atoms with E-state index < -0.39 is 11.5 Å². The van der Waals surface area contributed by atoms with Crippen LogP contribution in [-0.4, -0.2) is 26.6 Å². The summed E-state index contributed by atoms with van der Waals surface area (Å²) < 4.78 is 1.30. The number of carbonyl (C=O) groups excluding carboxylic acids is 1. The number of benzene rings is 2. The summed E-state index contributed by atoms with van der Waals surface area (Å²) in [6.45, 7) is 5.26. The lowest BCUT2D eigenvalue weighted by molar-refractivity contribution is 0.0696. The van der Waals surface area contributed by atoms with Crippen LogP contribution in [0.4, 0.5) is 11.4 Å². The lowest BCUT2D eigenvalue weighted by atomic mass is 10.0. The van der Waals surface area contributed by atoms with Gasteiger partial charge in [-0.2, -0.15) is 5.10 Å². The Bertz CT molecular complexity index is 1150. The van der Waals surface area contributed by atoms with Crippen molar-refractivity contribution in [2.45, 2.75) is 27.3 Å². The highest BCUT2D eigenvalue weighted by atomic mass is 16.4. The molecule has 7 heteroatoms. The Kier molecular flexibility index (Phi) is 5.59. The summed E-state index contributed by atoms with van der Waals surface area (Å²) in [6, 6.07) is 13.7. The van der Waals surface area contributed by atoms with Crippen LogP contribution in [0, 0.1) is 6.92 Å². The minimum absolute atomic E-state index is 0.124. The standard InChI is InChI=1S/C22H21N3O4/c1-4-25-21(27)20(23-17-11-10-16(22(28)29)12-13(17)2)18(14(3)26)19(24-25)15-8-6-5-7-9-15/h5-12,23H,4H2,1-3H3,(H,28,29). The Morgan fingerprint density at radius 2 is 1.83 bits per heavy atom. The van der Waals surface area contributed by atoms with Crippen molar-refractivity contribution in [3.05, 3.63) is 75.6 Å². The molecular formula is C22H21N3O4. The van der Waals surface area contributed by atoms with Crippen LogP contribution in [0.2, 0.25) is 0 Å². The van der Waals surface area contributed by atoms with E-state index in [2.05, 4.69) is 10.4 Å². The molecule has 2 N–H and O–H groups in total. The van der Waals surface area contributed by atoms with Crippen molar-refractivity contribution in [3.8, 4) is 11.3 Å². The van der Waals surface area contributed by atoms with Crippen molar-refractivity contribution in [2.75, 3.05) is 5.32 Å². The minimum Gasteiger partial charge on any atom is -0.478 e. The Balaban J connectivity index is 2.24. The molecule has 1 aromatic heterocycles. The first kappa shape index (κ1) is 20.0. The number of carbonyl (C=O) groups is 2. The number of nitrogens with one attached hydrogen (secondary N) is 1. The highest BCUT2D eigenvalue weighted by molar-refractivity contribution is 6.05. The fourth-order valence-corrected chi connectivity index (χ4v) is 3.11. The molecule has 0 amide bonds. The lowest BCUT2D eigenvalue weighted by Gasteiger charge is -2.17. The van der Waals surface area contributed by atoms with Crippen LogP contribution >= 0.6 is 0 Å². The number of rotatable bonds is 6. The number of Topliss-reactive ketones (excluding diaryl/α,β-unsaturated/α-hetero) is 1. The second-order valence-corrected chi connectivity index (χ2v) is 6.60. The van der Waals surface area contributed by atoms with Crippen molar-refractivity contribution in [1.82, 2.24) is 9.78 Å². The van der Waals surface area contributed by atoms with Gasteiger partial charge in [-0.05, 0) is 44.5 Å². The van der Waals surface area contributed by atoms with Crippen LogP contribution in [0.15, 0.2) is 53.3 Å². The monoisotopic (exact) mass is 391 g/mol. The number of carboxylic acid groups (broad SMARTS) is 1. The van der Waals surface area contributed by atoms with E-state index in [0.717, 1.165) is 5.56 Å². The molecule has 3 aromatic rings. The van der Waals surface area contributed by atoms with Gasteiger partial charge in [-0.1, -0.05) is 30.3 Å². The van der Waals surface area contributed by atoms with Gasteiger partial charge in [0.2, 0.25) is 0 Å². The number of aromatic carboxylic acids is 1. The molecule has 0 spiro atoms. The van der Waals surface area contributed by atoms with Gasteiger partial charge in [-0.15, -0.1) is 0 Å². The Hall–Kier alpha value is -3.74. The summed E-state index contributed by atoms with van der Waals surface area (Å²) in [6.07, 6.45) is 0. The smallest absolute Gasteiger partial charge is 0.335 e. The number of nitrogens with zero attached hydrogens (tertiary/aromatic N) is 2. The molecule has 0 aliphatic heterocycles. The summed E-state index contributed by atoms with van der Waals surface area (Å²) >= 11 is 0. The largest absolute Gasteiger partial charge is 0.478 e. The second kappa shape index (κ2) is 8.10. The fourth-order valence-electron chi connectivity index (χ4n) is 3.11. The lowest BCUT2D eigenvalue weighted by Crippen LogP contribution is -2.28. The summed E-state index contributed by atoms with van der Waals surface area (Å²) in [5.41, 5.74) is 2.38. The van der Waals surface area contributed by atoms with Crippen LogP contribution in [0.25, 0.3) is 11.3 Å². The van der Waals surface area contributed by atoms with E-state index >= 15 is 0 Å². The SMILES string of the molecule is CCn1nc(-c2ccccc2)c(C(C)=O)c(Nc2ccc(C(=O)O)cc2C)c1=O. The fraction of sp³-hybridized carbons (Fsp3) is 0.182. The first-order chi connectivity index (χ1) is 13.8. The Morgan fingerprint density at radius 3 is 2.38 bits per heavy atom. The molecule has 1 heterocycles. The molecule has 0 unspecified atom stereocenters. The third kappa shape index (κ3) is 3.94. The molecule has 0 saturated carbocycles. The van der Waals surface area contributed by atoms with Crippen LogP contribution in [0.3, 0.4) is 0 Å². The molecule has 0 aliphatic rings. The molecule has 2 aromatic carbocycles. The predicted octanol–water partition coefficient (Wildman–Crippen LogP) is 3.88. The van der Waals surface area contributed by atoms with Crippen LogP contribution in [0.1, 0.15) is 40.1 Å². The van der Waals surface area contributed by atoms with Gasteiger partial charge in [0.25, 0.3) is 5.56 Å². The van der Waals surface area contributed by atoms with E-state index in [0.29, 0.717) is 23.5 Å². The maximum atomic E-state index is 13.0. The predicted molar refractivity (Wildman–Crippen MR) is 111 cm³/mol. The Morgan fingerprint density at radius 1 is 1.14 bits per heavy atom. The topological polar surface area (TPSA) is 101 Å². The van der Waals surface area contributed by atoms with Crippen molar-refractivity contribution in [2.24, 2.45) is 0 Å². The van der Waals surface area contributed by atoms with Crippen molar-refractivity contribution in [3.63, 3.8) is 0 Å². The summed E-state index contributed by atoms with van der Waals surface area (Å²) in [4.78, 5) is 36.7. The molecule has 7 nitrogen and oxygen atoms in total. The van der Waals surface area contributed by atoms with Crippen LogP contribution in [0.5, 0.6) is 0 Å². The highest BCUT2D eigenvalue weighted by Crippen LogP contribution is 2.28. The first-order valence-corrected chi connectivity index (χ1v) is 9.16. The highest BCUT2D eigenvalue weighted by Gasteiger charge is 2.22. The van der Waals surface area contributed by atoms with Crippen molar-refractivity contribution >= 4 is 23.1 Å². The summed E-state index contributed by atoms with van der Waals surface area (Å²) in [7, 11) is 0. The number of hydrogen-bond acceptors (Lipinski definition) is 5. The summed E-state index contributed by atoms with van der Waals surface area (Å²) in [5.74, 6) is -1.33. The third-order valence-electron chi connectivity index (χ3n) is 4.59. The van der Waals surface area contributed by atoms with Crippen LogP contribution < -0.4 is 10.9 Å². The number of aryl methyl sites for hydroxylation is 2. The zero-order valence-corrected chi connectivity index (χ0v) is 16.4. The maximum Gasteiger partial charge on any atom is 0.335 e. The molecule has 0 fully saturated rings. The average Bonchev–Trinajstić information content (AvgIpc) is 2.70. The number of anilines is 2. The normalized spacial score (nSPS) is 10.6. The first-order valence-electron chi connectivity index (χ1n) is 9.16. The molecule has 0 aliphatic carbocycles. The number of hydrogen-bond donors (Lipinski definition) is 2. The van der Waals surface area contributed by atoms with E-state index in [9.17, 15) is 14.4 Å². The van der Waals surface area contributed by atoms with E-state index in [-0.39, 0.29) is 22.6 Å². The molecule has 0 radical (unpaired) electrons. The molecule has 0 saturated heterocycles. The molecule has 0 atom stereocenters. The Labute approximate surface area is 167 Å². The van der Waals surface area contributed by atoms with Crippen LogP contribution in [-0.2, 0) is 6.54 Å². The number of aromatic nitrogens is 2. The average molecular weight is 391 g/mol. The molecule has 3 rings (SSSR count). The van der Waals surface area contributed by atoms with Gasteiger partial charge in [-0.25, -0.2) is 9.48 Å². The van der Waals surface area contributed by atoms with E-state index in [1.807, 2.05) is 30.3 Å². The van der Waals surface area contributed by atoms with Gasteiger partial charge in [-0.3, -0.25) is 9.59 Å². The zero-order valence-electron chi connectivity index (χ0n) is 16.4. The van der Waals surface area contributed by atoms with Gasteiger partial charge in [0.05, 0.1) is 11.1 Å². The second-order valence-electron chi connectivity index (χ2n) is 6.60. The molecule has 148 valence electrons. The quantitative estimate of drug-likeness (QED) is 0.618. The van der Waals surface area contributed by atoms with Crippen molar-refractivity contribution in [1.29, 1.82) is 0 Å². The van der Waals surface area contributed by atoms with Crippen molar-refractivity contribution < 1.29 is 14.7 Å². The number of ketones is 1. The van der Waals surface area contributed by atoms with E-state index in [1.54, 1.807) is 19.9 Å². The third-order valence-corrected chi connectivity index (χ3v) is 4.59. The van der Waals surface area contributed by atoms with Gasteiger partial charge in [0.15, 0.2) is 5.78 Å². The molecule has 0 bridgehead atoms. The van der Waals surface area contributed by atoms with Gasteiger partial charge in [0, 0.05) is 17.8 Å².